The summed E-state index contributed by atoms with van der Waals surface area (Å²) in [6.45, 7) is 8.66. The minimum absolute atomic E-state index is 0.226. The Morgan fingerprint density at radius 2 is 1.83 bits per heavy atom. The lowest BCUT2D eigenvalue weighted by Gasteiger charge is -2.31. The molecule has 0 bridgehead atoms. The third-order valence-electron chi connectivity index (χ3n) is 3.56. The quantitative estimate of drug-likeness (QED) is 0.781. The minimum Gasteiger partial charge on any atom is -0.497 e. The van der Waals surface area contributed by atoms with Crippen LogP contribution in [0.4, 0.5) is 0 Å². The molecule has 0 aliphatic carbocycles. The Morgan fingerprint density at radius 3 is 2.25 bits per heavy atom. The highest BCUT2D eigenvalue weighted by atomic mass is 16.5. The molecular weight excluding hydrogens is 306 g/mol. The van der Waals surface area contributed by atoms with Crippen molar-refractivity contribution in [3.63, 3.8) is 0 Å². The average Bonchev–Trinajstić information content (AvgIpc) is 2.45. The molecule has 1 atom stereocenters. The Bertz CT molecular complexity index is 506. The molecule has 0 saturated heterocycles. The Labute approximate surface area is 146 Å². The lowest BCUT2D eigenvalue weighted by atomic mass is 9.98. The van der Waals surface area contributed by atoms with Gasteiger partial charge >= 0.3 is 5.97 Å². The average molecular weight is 340 g/mol. The van der Waals surface area contributed by atoms with Crippen LogP contribution in [0.5, 0.6) is 5.75 Å². The van der Waals surface area contributed by atoms with Crippen LogP contribution in [-0.4, -0.2) is 54.5 Å². The first kappa shape index (κ1) is 22.4. The van der Waals surface area contributed by atoms with Crippen LogP contribution in [-0.2, 0) is 11.3 Å². The number of hydrogen-bond acceptors (Lipinski definition) is 3. The lowest BCUT2D eigenvalue weighted by molar-refractivity contribution is -0.906. The number of methoxy groups -OCH3 is 1. The number of quaternary nitrogens is 1. The van der Waals surface area contributed by atoms with Gasteiger partial charge in [0.25, 0.3) is 0 Å². The molecular formula is C19H34NO4+. The second-order valence-corrected chi connectivity index (χ2v) is 7.75. The summed E-state index contributed by atoms with van der Waals surface area (Å²) < 4.78 is 6.00. The van der Waals surface area contributed by atoms with Crippen molar-refractivity contribution in [3.8, 4) is 5.75 Å². The molecule has 0 amide bonds. The van der Waals surface area contributed by atoms with E-state index in [1.54, 1.807) is 27.9 Å². The summed E-state index contributed by atoms with van der Waals surface area (Å²) in [6, 6.07) is 8.11. The van der Waals surface area contributed by atoms with Crippen molar-refractivity contribution in [3.05, 3.63) is 29.8 Å². The number of benzene rings is 1. The van der Waals surface area contributed by atoms with Crippen LogP contribution in [0.3, 0.4) is 0 Å². The maximum Gasteiger partial charge on any atom is 0.308 e. The molecule has 1 aromatic carbocycles. The van der Waals surface area contributed by atoms with Crippen LogP contribution in [0.1, 0.15) is 39.7 Å². The fourth-order valence-electron chi connectivity index (χ4n) is 2.03. The largest absolute Gasteiger partial charge is 0.497 e. The summed E-state index contributed by atoms with van der Waals surface area (Å²) in [6.07, 6.45) is 0.579. The highest BCUT2D eigenvalue weighted by Gasteiger charge is 2.20. The van der Waals surface area contributed by atoms with Gasteiger partial charge in [-0.15, -0.1) is 0 Å². The number of carboxylic acids is 1. The monoisotopic (exact) mass is 340 g/mol. The molecule has 0 fully saturated rings. The normalized spacial score (nSPS) is 12.8. The first-order valence-corrected chi connectivity index (χ1v) is 8.27. The smallest absolute Gasteiger partial charge is 0.308 e. The number of aliphatic hydroxyl groups is 1. The number of carbonyl (C=O) groups is 1. The molecule has 1 aromatic rings. The zero-order chi connectivity index (χ0) is 19.0. The highest BCUT2D eigenvalue weighted by molar-refractivity contribution is 5.72. The van der Waals surface area contributed by atoms with Crippen LogP contribution in [0.25, 0.3) is 0 Å². The molecule has 0 spiro atoms. The predicted molar refractivity (Wildman–Crippen MR) is 97.1 cm³/mol. The summed E-state index contributed by atoms with van der Waals surface area (Å²) >= 11 is 0. The fraction of sp³-hybridized carbons (Fsp3) is 0.632. The molecule has 0 heterocycles. The molecule has 2 N–H and O–H groups in total. The maximum absolute atomic E-state index is 10.0. The van der Waals surface area contributed by atoms with Crippen molar-refractivity contribution in [2.45, 2.75) is 46.8 Å². The number of nitrogens with zero attached hydrogens (tertiary/aromatic N) is 1. The number of ether oxygens (including phenoxy) is 1. The molecule has 5 heteroatoms. The molecule has 24 heavy (non-hydrogen) atoms. The first-order chi connectivity index (χ1) is 10.9. The van der Waals surface area contributed by atoms with E-state index in [0.717, 1.165) is 29.7 Å². The maximum atomic E-state index is 10.0. The van der Waals surface area contributed by atoms with E-state index in [4.69, 9.17) is 9.84 Å². The first-order valence-electron chi connectivity index (χ1n) is 8.27. The Balaban J connectivity index is 0.000000640. The minimum atomic E-state index is -0.757. The molecule has 0 aromatic heterocycles. The molecule has 1 rings (SSSR count). The molecule has 0 aliphatic rings. The van der Waals surface area contributed by atoms with Gasteiger partial charge in [-0.1, -0.05) is 19.1 Å². The van der Waals surface area contributed by atoms with Gasteiger partial charge in [0.05, 0.1) is 26.6 Å². The van der Waals surface area contributed by atoms with Crippen LogP contribution in [0.2, 0.25) is 0 Å². The topological polar surface area (TPSA) is 66.8 Å². The van der Waals surface area contributed by atoms with Gasteiger partial charge in [0.15, 0.2) is 0 Å². The van der Waals surface area contributed by atoms with E-state index < -0.39 is 11.4 Å². The molecule has 0 saturated carbocycles. The summed E-state index contributed by atoms with van der Waals surface area (Å²) in [5.41, 5.74) is 0.651. The predicted octanol–water partition coefficient (Wildman–Crippen LogP) is 3.16. The molecule has 138 valence electrons. The molecule has 5 nitrogen and oxygen atoms in total. The number of aliphatic hydroxyl groups excluding tert-OH is 1. The zero-order valence-corrected chi connectivity index (χ0v) is 16.2. The van der Waals surface area contributed by atoms with E-state index in [9.17, 15) is 9.90 Å². The fourth-order valence-corrected chi connectivity index (χ4v) is 2.03. The van der Waals surface area contributed by atoms with Gasteiger partial charge in [-0.25, -0.2) is 0 Å². The molecule has 0 aliphatic heterocycles. The lowest BCUT2D eigenvalue weighted by Crippen LogP contribution is -2.44. The van der Waals surface area contributed by atoms with Crippen LogP contribution in [0, 0.1) is 5.41 Å². The van der Waals surface area contributed by atoms with Crippen molar-refractivity contribution in [2.75, 3.05) is 27.7 Å². The standard InChI is InChI=1S/C14H24NO2.C5H10O2/c1-5-13(16)11-15(2,3)10-12-7-6-8-14(9-12)17-4;1-5(2,3)4(6)7/h6-9,13,16H,5,10-11H2,1-4H3;1-3H3,(H,6,7)/q+1;. The van der Waals surface area contributed by atoms with Crippen LogP contribution >= 0.6 is 0 Å². The van der Waals surface area contributed by atoms with Gasteiger partial charge in [0, 0.05) is 5.56 Å². The van der Waals surface area contributed by atoms with E-state index in [2.05, 4.69) is 26.2 Å². The summed E-state index contributed by atoms with van der Waals surface area (Å²) in [7, 11) is 5.96. The van der Waals surface area contributed by atoms with Crippen molar-refractivity contribution in [1.29, 1.82) is 0 Å². The van der Waals surface area contributed by atoms with Gasteiger partial charge in [-0.3, -0.25) is 4.79 Å². The summed E-state index contributed by atoms with van der Waals surface area (Å²) in [5, 5.41) is 18.0. The summed E-state index contributed by atoms with van der Waals surface area (Å²) in [4.78, 5) is 10.0. The van der Waals surface area contributed by atoms with Crippen molar-refractivity contribution < 1.29 is 24.2 Å². The van der Waals surface area contributed by atoms with Crippen molar-refractivity contribution in [1.82, 2.24) is 0 Å². The second kappa shape index (κ2) is 9.64. The van der Waals surface area contributed by atoms with Gasteiger partial charge in [-0.2, -0.15) is 0 Å². The van der Waals surface area contributed by atoms with Gasteiger partial charge in [0.1, 0.15) is 24.9 Å². The number of carboxylic acid groups (broad SMARTS) is 1. The SMILES string of the molecule is CC(C)(C)C(=O)O.CCC(O)C[N+](C)(C)Cc1cccc(OC)c1. The summed E-state index contributed by atoms with van der Waals surface area (Å²) in [5.74, 6) is 0.131. The van der Waals surface area contributed by atoms with Gasteiger partial charge in [0.2, 0.25) is 0 Å². The van der Waals surface area contributed by atoms with Crippen molar-refractivity contribution >= 4 is 5.97 Å². The second-order valence-electron chi connectivity index (χ2n) is 7.75. The molecule has 1 unspecified atom stereocenters. The number of hydrogen-bond donors (Lipinski definition) is 2. The van der Waals surface area contributed by atoms with E-state index >= 15 is 0 Å². The Kier molecular flexibility index (Phi) is 9.01. The Hall–Kier alpha value is -1.59. The number of aliphatic carboxylic acids is 1. The zero-order valence-electron chi connectivity index (χ0n) is 16.2. The van der Waals surface area contributed by atoms with E-state index in [1.165, 1.54) is 5.56 Å². The third kappa shape index (κ3) is 9.53. The van der Waals surface area contributed by atoms with E-state index in [1.807, 2.05) is 19.1 Å². The van der Waals surface area contributed by atoms with Crippen LogP contribution < -0.4 is 4.74 Å². The Morgan fingerprint density at radius 1 is 1.29 bits per heavy atom. The van der Waals surface area contributed by atoms with Crippen molar-refractivity contribution in [2.24, 2.45) is 5.41 Å². The highest BCUT2D eigenvalue weighted by Crippen LogP contribution is 2.17. The number of likely N-dealkylation sites (N-methyl/N-ethyl adjacent to an activating group) is 1. The molecule has 0 radical (unpaired) electrons. The van der Waals surface area contributed by atoms with E-state index in [-0.39, 0.29) is 6.10 Å². The van der Waals surface area contributed by atoms with Gasteiger partial charge in [-0.05, 0) is 39.3 Å². The number of rotatable bonds is 6. The van der Waals surface area contributed by atoms with E-state index in [0.29, 0.717) is 0 Å². The van der Waals surface area contributed by atoms with Gasteiger partial charge < -0.3 is 19.4 Å². The van der Waals surface area contributed by atoms with Crippen LogP contribution in [0.15, 0.2) is 24.3 Å². The third-order valence-corrected chi connectivity index (χ3v) is 3.56.